The summed E-state index contributed by atoms with van der Waals surface area (Å²) in [5.41, 5.74) is 4.75. The number of nitrogens with zero attached hydrogens (tertiary/aromatic N) is 2. The number of aromatic amines is 1. The largest absolute Gasteiger partial charge is 0.496 e. The number of nitrogens with one attached hydrogen (secondary N) is 1. The molecule has 4 rings (SSSR count). The summed E-state index contributed by atoms with van der Waals surface area (Å²) in [7, 11) is 1.67. The summed E-state index contributed by atoms with van der Waals surface area (Å²) in [6, 6.07) is 11.9. The molecule has 0 bridgehead atoms. The van der Waals surface area contributed by atoms with Crippen LogP contribution >= 0.6 is 11.6 Å². The first-order valence-electron chi connectivity index (χ1n) is 7.24. The topological polar surface area (TPSA) is 50.8 Å². The van der Waals surface area contributed by atoms with Crippen molar-refractivity contribution in [2.45, 2.75) is 6.92 Å². The Hall–Kier alpha value is -2.59. The van der Waals surface area contributed by atoms with Gasteiger partial charge in [0.2, 0.25) is 0 Å². The van der Waals surface area contributed by atoms with Gasteiger partial charge in [-0.05, 0) is 37.3 Å². The molecule has 4 aromatic rings. The number of aromatic nitrogens is 3. The summed E-state index contributed by atoms with van der Waals surface area (Å²) in [5, 5.41) is 2.59. The quantitative estimate of drug-likeness (QED) is 0.542. The molecule has 1 N–H and O–H groups in total. The number of hydrogen-bond donors (Lipinski definition) is 1. The second kappa shape index (κ2) is 5.25. The van der Waals surface area contributed by atoms with Crippen molar-refractivity contribution in [1.29, 1.82) is 0 Å². The minimum Gasteiger partial charge on any atom is -0.496 e. The van der Waals surface area contributed by atoms with Gasteiger partial charge in [-0.25, -0.2) is 4.98 Å². The van der Waals surface area contributed by atoms with Crippen LogP contribution < -0.4 is 4.74 Å². The van der Waals surface area contributed by atoms with Crippen LogP contribution in [0.2, 0.25) is 5.15 Å². The number of benzene rings is 1. The van der Waals surface area contributed by atoms with E-state index in [2.05, 4.69) is 27.1 Å². The van der Waals surface area contributed by atoms with Crippen molar-refractivity contribution in [3.63, 3.8) is 0 Å². The zero-order valence-corrected chi connectivity index (χ0v) is 13.5. The van der Waals surface area contributed by atoms with E-state index in [-0.39, 0.29) is 0 Å². The third-order valence-electron chi connectivity index (χ3n) is 3.89. The van der Waals surface area contributed by atoms with Crippen LogP contribution in [0.5, 0.6) is 5.75 Å². The van der Waals surface area contributed by atoms with E-state index in [4.69, 9.17) is 16.3 Å². The minimum absolute atomic E-state index is 0.467. The Morgan fingerprint density at radius 1 is 1.09 bits per heavy atom. The molecule has 0 saturated heterocycles. The maximum atomic E-state index is 5.93. The van der Waals surface area contributed by atoms with Gasteiger partial charge >= 0.3 is 0 Å². The highest BCUT2D eigenvalue weighted by Gasteiger charge is 2.11. The van der Waals surface area contributed by atoms with E-state index < -0.39 is 0 Å². The smallest absolute Gasteiger partial charge is 0.130 e. The lowest BCUT2D eigenvalue weighted by Crippen LogP contribution is -1.91. The zero-order chi connectivity index (χ0) is 16.0. The molecule has 0 radical (unpaired) electrons. The highest BCUT2D eigenvalue weighted by Crippen LogP contribution is 2.34. The monoisotopic (exact) mass is 323 g/mol. The van der Waals surface area contributed by atoms with Crippen molar-refractivity contribution in [1.82, 2.24) is 15.0 Å². The number of methoxy groups -OCH3 is 1. The molecule has 5 heteroatoms. The molecule has 0 aliphatic carbocycles. The Bertz CT molecular complexity index is 1040. The number of halogens is 1. The minimum atomic E-state index is 0.467. The molecule has 0 spiro atoms. The van der Waals surface area contributed by atoms with Crippen LogP contribution in [-0.4, -0.2) is 22.1 Å². The first-order chi connectivity index (χ1) is 11.1. The molecule has 4 nitrogen and oxygen atoms in total. The van der Waals surface area contributed by atoms with Gasteiger partial charge in [0.25, 0.3) is 0 Å². The number of ether oxygens (including phenoxy) is 1. The molecule has 23 heavy (non-hydrogen) atoms. The number of pyridine rings is 2. The lowest BCUT2D eigenvalue weighted by molar-refractivity contribution is 0.417. The molecule has 0 atom stereocenters. The molecule has 0 amide bonds. The van der Waals surface area contributed by atoms with Crippen LogP contribution in [0.25, 0.3) is 33.1 Å². The standard InChI is InChI=1S/C18H14ClN3O/c1-10-5-12-6-13(17(23-2)8-14(12)21-10)15-7-11-3-4-18(19)22-16(11)9-20-15/h3-9,21H,1-2H3. The second-order valence-electron chi connectivity index (χ2n) is 5.49. The Kier molecular flexibility index (Phi) is 3.20. The van der Waals surface area contributed by atoms with Gasteiger partial charge in [-0.1, -0.05) is 11.6 Å². The molecule has 0 aliphatic rings. The van der Waals surface area contributed by atoms with E-state index in [9.17, 15) is 0 Å². The summed E-state index contributed by atoms with van der Waals surface area (Å²) >= 11 is 5.93. The third kappa shape index (κ3) is 2.41. The van der Waals surface area contributed by atoms with E-state index in [0.717, 1.165) is 44.5 Å². The van der Waals surface area contributed by atoms with E-state index in [0.29, 0.717) is 5.15 Å². The van der Waals surface area contributed by atoms with Gasteiger partial charge in [0, 0.05) is 33.6 Å². The molecule has 0 aliphatic heterocycles. The Balaban J connectivity index is 1.94. The van der Waals surface area contributed by atoms with Crippen LogP contribution in [0.1, 0.15) is 5.69 Å². The molecule has 114 valence electrons. The fourth-order valence-corrected chi connectivity index (χ4v) is 2.98. The summed E-state index contributed by atoms with van der Waals surface area (Å²) in [5.74, 6) is 0.785. The van der Waals surface area contributed by atoms with E-state index in [1.165, 1.54) is 0 Å². The van der Waals surface area contributed by atoms with Gasteiger partial charge in [0.1, 0.15) is 10.9 Å². The summed E-state index contributed by atoms with van der Waals surface area (Å²) in [6.45, 7) is 2.04. The van der Waals surface area contributed by atoms with Gasteiger partial charge < -0.3 is 9.72 Å². The normalized spacial score (nSPS) is 11.3. The van der Waals surface area contributed by atoms with Crippen molar-refractivity contribution in [2.75, 3.05) is 7.11 Å². The highest BCUT2D eigenvalue weighted by molar-refractivity contribution is 6.29. The van der Waals surface area contributed by atoms with Crippen molar-refractivity contribution in [3.8, 4) is 17.0 Å². The fourth-order valence-electron chi connectivity index (χ4n) is 2.82. The lowest BCUT2D eigenvalue weighted by atomic mass is 10.1. The number of fused-ring (bicyclic) bond motifs is 2. The maximum absolute atomic E-state index is 5.93. The highest BCUT2D eigenvalue weighted by atomic mass is 35.5. The number of aryl methyl sites for hydroxylation is 1. The number of H-pyrrole nitrogens is 1. The fraction of sp³-hybridized carbons (Fsp3) is 0.111. The van der Waals surface area contributed by atoms with E-state index in [1.807, 2.05) is 25.1 Å². The Morgan fingerprint density at radius 3 is 2.78 bits per heavy atom. The molecule has 0 unspecified atom stereocenters. The molecule has 0 saturated carbocycles. The van der Waals surface area contributed by atoms with Crippen molar-refractivity contribution >= 4 is 33.4 Å². The predicted octanol–water partition coefficient (Wildman–Crippen LogP) is 4.75. The average Bonchev–Trinajstić information content (AvgIpc) is 2.92. The first kappa shape index (κ1) is 14.0. The van der Waals surface area contributed by atoms with Crippen LogP contribution in [-0.2, 0) is 0 Å². The van der Waals surface area contributed by atoms with Crippen LogP contribution in [0.15, 0.2) is 42.6 Å². The lowest BCUT2D eigenvalue weighted by Gasteiger charge is -2.09. The summed E-state index contributed by atoms with van der Waals surface area (Å²) in [6.07, 6.45) is 1.74. The second-order valence-corrected chi connectivity index (χ2v) is 5.88. The average molecular weight is 324 g/mol. The Morgan fingerprint density at radius 2 is 1.96 bits per heavy atom. The van der Waals surface area contributed by atoms with Gasteiger partial charge in [0.15, 0.2) is 0 Å². The number of rotatable bonds is 2. The van der Waals surface area contributed by atoms with Gasteiger partial charge in [0.05, 0.1) is 24.5 Å². The zero-order valence-electron chi connectivity index (χ0n) is 12.7. The molecular weight excluding hydrogens is 310 g/mol. The summed E-state index contributed by atoms with van der Waals surface area (Å²) < 4.78 is 5.55. The van der Waals surface area contributed by atoms with E-state index in [1.54, 1.807) is 19.4 Å². The number of hydrogen-bond acceptors (Lipinski definition) is 3. The van der Waals surface area contributed by atoms with Crippen LogP contribution in [0.3, 0.4) is 0 Å². The molecule has 3 aromatic heterocycles. The van der Waals surface area contributed by atoms with Crippen molar-refractivity contribution in [2.24, 2.45) is 0 Å². The van der Waals surface area contributed by atoms with Gasteiger partial charge in [-0.3, -0.25) is 4.98 Å². The first-order valence-corrected chi connectivity index (χ1v) is 7.62. The van der Waals surface area contributed by atoms with Crippen molar-refractivity contribution in [3.05, 3.63) is 53.4 Å². The summed E-state index contributed by atoms with van der Waals surface area (Å²) in [4.78, 5) is 12.1. The van der Waals surface area contributed by atoms with Gasteiger partial charge in [-0.2, -0.15) is 0 Å². The van der Waals surface area contributed by atoms with Crippen LogP contribution in [0, 0.1) is 6.92 Å². The molecule has 1 aromatic carbocycles. The predicted molar refractivity (Wildman–Crippen MR) is 93.1 cm³/mol. The molecular formula is C18H14ClN3O. The SMILES string of the molecule is COc1cc2[nH]c(C)cc2cc1-c1cc2ccc(Cl)nc2cn1. The Labute approximate surface area is 138 Å². The van der Waals surface area contributed by atoms with Crippen LogP contribution in [0.4, 0.5) is 0 Å². The third-order valence-corrected chi connectivity index (χ3v) is 4.10. The van der Waals surface area contributed by atoms with Gasteiger partial charge in [-0.15, -0.1) is 0 Å². The van der Waals surface area contributed by atoms with E-state index >= 15 is 0 Å². The maximum Gasteiger partial charge on any atom is 0.130 e. The van der Waals surface area contributed by atoms with Crippen molar-refractivity contribution < 1.29 is 4.74 Å². The molecule has 3 heterocycles. The molecule has 0 fully saturated rings.